The number of amides is 2. The van der Waals surface area contributed by atoms with Crippen LogP contribution >= 0.6 is 11.3 Å². The number of nitrogens with one attached hydrogen (secondary N) is 2. The topological polar surface area (TPSA) is 83.0 Å². The molecule has 2 fully saturated rings. The molecule has 126 valence electrons. The van der Waals surface area contributed by atoms with Crippen LogP contribution in [0, 0.1) is 12.8 Å². The quantitative estimate of drug-likeness (QED) is 0.870. The number of anilines is 2. The minimum absolute atomic E-state index is 0.198. The van der Waals surface area contributed by atoms with E-state index in [-0.39, 0.29) is 6.03 Å². The Hall–Kier alpha value is -2.22. The van der Waals surface area contributed by atoms with Gasteiger partial charge in [0.1, 0.15) is 0 Å². The Kier molecular flexibility index (Phi) is 4.05. The number of aromatic nitrogens is 3. The van der Waals surface area contributed by atoms with Gasteiger partial charge in [-0.05, 0) is 31.9 Å². The van der Waals surface area contributed by atoms with Crippen molar-refractivity contribution in [1.29, 1.82) is 0 Å². The van der Waals surface area contributed by atoms with Crippen LogP contribution in [0.1, 0.15) is 29.3 Å². The summed E-state index contributed by atoms with van der Waals surface area (Å²) >= 11 is 1.47. The number of aryl methyl sites for hydroxylation is 1. The average Bonchev–Trinajstić information content (AvgIpc) is 3.30. The molecule has 1 saturated heterocycles. The Bertz CT molecular complexity index is 720. The Labute approximate surface area is 144 Å². The summed E-state index contributed by atoms with van der Waals surface area (Å²) < 4.78 is 0. The van der Waals surface area contributed by atoms with E-state index in [4.69, 9.17) is 0 Å². The molecule has 2 aromatic rings. The SMILES string of the molecule is Cc1cnc(NC(=O)NCC2CN(c3ccc(C4CC4)nn3)C2)s1. The smallest absolute Gasteiger partial charge is 0.321 e. The number of nitrogens with zero attached hydrogens (tertiary/aromatic N) is 4. The van der Waals surface area contributed by atoms with E-state index in [1.807, 2.05) is 6.92 Å². The van der Waals surface area contributed by atoms with E-state index in [9.17, 15) is 4.79 Å². The monoisotopic (exact) mass is 344 g/mol. The third-order valence-electron chi connectivity index (χ3n) is 4.34. The minimum Gasteiger partial charge on any atom is -0.354 e. The standard InChI is InChI=1S/C16H20N6OS/c1-10-6-18-16(24-10)19-15(23)17-7-11-8-22(9-11)14-5-4-13(20-21-14)12-2-3-12/h4-6,11-12H,2-3,7-9H2,1H3,(H2,17,18,19,23). The van der Waals surface area contributed by atoms with Crippen molar-refractivity contribution in [3.63, 3.8) is 0 Å². The largest absolute Gasteiger partial charge is 0.354 e. The van der Waals surface area contributed by atoms with Crippen molar-refractivity contribution >= 4 is 28.3 Å². The normalized spacial score (nSPS) is 17.5. The maximum absolute atomic E-state index is 11.8. The van der Waals surface area contributed by atoms with Gasteiger partial charge >= 0.3 is 6.03 Å². The summed E-state index contributed by atoms with van der Waals surface area (Å²) in [5.74, 6) is 2.01. The zero-order valence-electron chi connectivity index (χ0n) is 13.5. The van der Waals surface area contributed by atoms with Gasteiger partial charge in [-0.25, -0.2) is 9.78 Å². The summed E-state index contributed by atoms with van der Waals surface area (Å²) in [7, 11) is 0. The molecule has 3 heterocycles. The van der Waals surface area contributed by atoms with E-state index in [2.05, 4.69) is 42.8 Å². The molecule has 1 aliphatic heterocycles. The zero-order chi connectivity index (χ0) is 16.5. The number of rotatable bonds is 5. The van der Waals surface area contributed by atoms with Crippen molar-refractivity contribution in [2.75, 3.05) is 29.9 Å². The first-order valence-corrected chi connectivity index (χ1v) is 9.05. The first kappa shape index (κ1) is 15.3. The van der Waals surface area contributed by atoms with Crippen LogP contribution in [0.5, 0.6) is 0 Å². The fourth-order valence-corrected chi connectivity index (χ4v) is 3.44. The zero-order valence-corrected chi connectivity index (χ0v) is 14.3. The molecule has 2 amide bonds. The number of thiazole rings is 1. The van der Waals surface area contributed by atoms with E-state index in [0.717, 1.165) is 29.5 Å². The highest BCUT2D eigenvalue weighted by Crippen LogP contribution is 2.38. The van der Waals surface area contributed by atoms with Crippen LogP contribution in [0.25, 0.3) is 0 Å². The Morgan fingerprint density at radius 1 is 1.33 bits per heavy atom. The average molecular weight is 344 g/mol. The lowest BCUT2D eigenvalue weighted by Gasteiger charge is -2.39. The summed E-state index contributed by atoms with van der Waals surface area (Å²) in [6, 6.07) is 3.95. The highest BCUT2D eigenvalue weighted by atomic mass is 32.1. The lowest BCUT2D eigenvalue weighted by atomic mass is 10.0. The van der Waals surface area contributed by atoms with Gasteiger partial charge in [-0.15, -0.1) is 16.4 Å². The second-order valence-corrected chi connectivity index (χ2v) is 7.71. The first-order valence-electron chi connectivity index (χ1n) is 8.23. The second kappa shape index (κ2) is 6.35. The molecule has 2 aliphatic rings. The van der Waals surface area contributed by atoms with Gasteiger partial charge in [-0.3, -0.25) is 5.32 Å². The van der Waals surface area contributed by atoms with Gasteiger partial charge in [-0.2, -0.15) is 5.10 Å². The lowest BCUT2D eigenvalue weighted by Crippen LogP contribution is -2.52. The molecule has 4 rings (SSSR count). The van der Waals surface area contributed by atoms with Crippen molar-refractivity contribution < 1.29 is 4.79 Å². The number of urea groups is 1. The fraction of sp³-hybridized carbons (Fsp3) is 0.500. The van der Waals surface area contributed by atoms with E-state index >= 15 is 0 Å². The predicted molar refractivity (Wildman–Crippen MR) is 93.6 cm³/mol. The summed E-state index contributed by atoms with van der Waals surface area (Å²) in [6.45, 7) is 4.41. The number of carbonyl (C=O) groups excluding carboxylic acids is 1. The van der Waals surface area contributed by atoms with Crippen LogP contribution in [0.2, 0.25) is 0 Å². The first-order chi connectivity index (χ1) is 11.7. The van der Waals surface area contributed by atoms with Gasteiger partial charge in [0.05, 0.1) is 5.69 Å². The van der Waals surface area contributed by atoms with Gasteiger partial charge < -0.3 is 10.2 Å². The molecule has 1 saturated carbocycles. The van der Waals surface area contributed by atoms with E-state index < -0.39 is 0 Å². The van der Waals surface area contributed by atoms with Crippen LogP contribution in [-0.2, 0) is 0 Å². The van der Waals surface area contributed by atoms with Crippen molar-refractivity contribution in [2.24, 2.45) is 5.92 Å². The number of carbonyl (C=O) groups is 1. The number of hydrogen-bond donors (Lipinski definition) is 2. The molecule has 0 aromatic carbocycles. The lowest BCUT2D eigenvalue weighted by molar-refractivity contribution is 0.248. The molecule has 8 heteroatoms. The fourth-order valence-electron chi connectivity index (χ4n) is 2.78. The van der Waals surface area contributed by atoms with Gasteiger partial charge in [0, 0.05) is 42.5 Å². The summed E-state index contributed by atoms with van der Waals surface area (Å²) in [5.41, 5.74) is 1.12. The van der Waals surface area contributed by atoms with Crippen molar-refractivity contribution in [3.8, 4) is 0 Å². The Morgan fingerprint density at radius 3 is 2.79 bits per heavy atom. The molecule has 0 spiro atoms. The maximum Gasteiger partial charge on any atom is 0.321 e. The third-order valence-corrected chi connectivity index (χ3v) is 5.17. The Balaban J connectivity index is 1.19. The van der Waals surface area contributed by atoms with Crippen molar-refractivity contribution in [2.45, 2.75) is 25.7 Å². The van der Waals surface area contributed by atoms with Crippen LogP contribution < -0.4 is 15.5 Å². The third kappa shape index (κ3) is 3.48. The molecule has 0 unspecified atom stereocenters. The van der Waals surface area contributed by atoms with Gasteiger partial charge in [-0.1, -0.05) is 0 Å². The molecule has 24 heavy (non-hydrogen) atoms. The highest BCUT2D eigenvalue weighted by Gasteiger charge is 2.29. The van der Waals surface area contributed by atoms with Crippen LogP contribution in [0.4, 0.5) is 15.7 Å². The van der Waals surface area contributed by atoms with Gasteiger partial charge in [0.25, 0.3) is 0 Å². The molecule has 2 N–H and O–H groups in total. The maximum atomic E-state index is 11.8. The molecular formula is C16H20N6OS. The molecule has 1 aliphatic carbocycles. The molecular weight excluding hydrogens is 324 g/mol. The second-order valence-electron chi connectivity index (χ2n) is 6.47. The molecule has 0 radical (unpaired) electrons. The van der Waals surface area contributed by atoms with Crippen molar-refractivity contribution in [1.82, 2.24) is 20.5 Å². The summed E-state index contributed by atoms with van der Waals surface area (Å²) in [6.07, 6.45) is 4.24. The van der Waals surface area contributed by atoms with Crippen LogP contribution in [0.3, 0.4) is 0 Å². The summed E-state index contributed by atoms with van der Waals surface area (Å²) in [4.78, 5) is 19.2. The predicted octanol–water partition coefficient (Wildman–Crippen LogP) is 2.38. The molecule has 0 atom stereocenters. The van der Waals surface area contributed by atoms with Crippen LogP contribution in [0.15, 0.2) is 18.3 Å². The van der Waals surface area contributed by atoms with E-state index in [0.29, 0.717) is 23.5 Å². The van der Waals surface area contributed by atoms with Gasteiger partial charge in [0.15, 0.2) is 10.9 Å². The van der Waals surface area contributed by atoms with Gasteiger partial charge in [0.2, 0.25) is 0 Å². The minimum atomic E-state index is -0.198. The van der Waals surface area contributed by atoms with Crippen molar-refractivity contribution in [3.05, 3.63) is 28.9 Å². The summed E-state index contributed by atoms with van der Waals surface area (Å²) in [5, 5.41) is 14.9. The molecule has 7 nitrogen and oxygen atoms in total. The molecule has 2 aromatic heterocycles. The Morgan fingerprint density at radius 2 is 2.17 bits per heavy atom. The van der Waals surface area contributed by atoms with E-state index in [1.54, 1.807) is 6.20 Å². The molecule has 0 bridgehead atoms. The highest BCUT2D eigenvalue weighted by molar-refractivity contribution is 7.15. The van der Waals surface area contributed by atoms with E-state index in [1.165, 1.54) is 24.2 Å². The van der Waals surface area contributed by atoms with Crippen LogP contribution in [-0.4, -0.2) is 40.8 Å². The number of hydrogen-bond acceptors (Lipinski definition) is 6.